The van der Waals surface area contributed by atoms with Crippen molar-refractivity contribution in [3.63, 3.8) is 0 Å². The summed E-state index contributed by atoms with van der Waals surface area (Å²) in [6.07, 6.45) is 2.86. The number of hydrogen-bond acceptors (Lipinski definition) is 4. The predicted octanol–water partition coefficient (Wildman–Crippen LogP) is 2.94. The smallest absolute Gasteiger partial charge is 0.121 e. The molecule has 0 aliphatic heterocycles. The van der Waals surface area contributed by atoms with Crippen LogP contribution in [0.5, 0.6) is 0 Å². The van der Waals surface area contributed by atoms with Crippen LogP contribution in [0.3, 0.4) is 0 Å². The minimum absolute atomic E-state index is 0.249. The standard InChI is InChI=1S/C12H16N2OS/c1-3-14-11(6-10-7-13-8-16-10)12-5-4-9(2)15-12/h4-5,7-8,11,14H,3,6H2,1-2H3. The van der Waals surface area contributed by atoms with Gasteiger partial charge >= 0.3 is 0 Å². The number of aromatic nitrogens is 1. The summed E-state index contributed by atoms with van der Waals surface area (Å²) < 4.78 is 5.67. The zero-order valence-electron chi connectivity index (χ0n) is 9.56. The molecule has 0 aliphatic rings. The van der Waals surface area contributed by atoms with E-state index in [0.717, 1.165) is 24.5 Å². The second kappa shape index (κ2) is 5.27. The van der Waals surface area contributed by atoms with E-state index < -0.39 is 0 Å². The Labute approximate surface area is 99.5 Å². The van der Waals surface area contributed by atoms with Crippen molar-refractivity contribution in [1.29, 1.82) is 0 Å². The van der Waals surface area contributed by atoms with Crippen LogP contribution in [0.2, 0.25) is 0 Å². The third kappa shape index (κ3) is 2.71. The lowest BCUT2D eigenvalue weighted by Crippen LogP contribution is -2.22. The van der Waals surface area contributed by atoms with Gasteiger partial charge in [-0.25, -0.2) is 0 Å². The molecule has 2 heterocycles. The Morgan fingerprint density at radius 1 is 1.50 bits per heavy atom. The second-order valence-electron chi connectivity index (χ2n) is 3.73. The Hall–Kier alpha value is -1.13. The average Bonchev–Trinajstić information content (AvgIpc) is 2.88. The summed E-state index contributed by atoms with van der Waals surface area (Å²) in [4.78, 5) is 5.37. The fourth-order valence-corrected chi connectivity index (χ4v) is 2.35. The summed E-state index contributed by atoms with van der Waals surface area (Å²) in [5, 5.41) is 3.44. The lowest BCUT2D eigenvalue weighted by Gasteiger charge is -2.14. The van der Waals surface area contributed by atoms with Gasteiger partial charge in [0.15, 0.2) is 0 Å². The molecule has 2 rings (SSSR count). The van der Waals surface area contributed by atoms with Crippen molar-refractivity contribution in [1.82, 2.24) is 10.3 Å². The summed E-state index contributed by atoms with van der Waals surface area (Å²) in [5.74, 6) is 1.97. The van der Waals surface area contributed by atoms with Gasteiger partial charge in [-0.2, -0.15) is 0 Å². The van der Waals surface area contributed by atoms with E-state index >= 15 is 0 Å². The van der Waals surface area contributed by atoms with Gasteiger partial charge in [-0.3, -0.25) is 4.98 Å². The van der Waals surface area contributed by atoms with E-state index in [-0.39, 0.29) is 6.04 Å². The quantitative estimate of drug-likeness (QED) is 0.867. The van der Waals surface area contributed by atoms with E-state index in [1.54, 1.807) is 11.3 Å². The highest BCUT2D eigenvalue weighted by atomic mass is 32.1. The van der Waals surface area contributed by atoms with Crippen LogP contribution in [-0.2, 0) is 6.42 Å². The van der Waals surface area contributed by atoms with Gasteiger partial charge in [-0.1, -0.05) is 6.92 Å². The SMILES string of the molecule is CCNC(Cc1cncs1)c1ccc(C)o1. The molecular weight excluding hydrogens is 220 g/mol. The Morgan fingerprint density at radius 3 is 2.94 bits per heavy atom. The molecule has 16 heavy (non-hydrogen) atoms. The van der Waals surface area contributed by atoms with E-state index in [9.17, 15) is 0 Å². The van der Waals surface area contributed by atoms with E-state index in [2.05, 4.69) is 17.2 Å². The molecule has 0 aliphatic carbocycles. The molecule has 3 nitrogen and oxygen atoms in total. The van der Waals surface area contributed by atoms with E-state index in [1.165, 1.54) is 4.88 Å². The molecule has 0 saturated heterocycles. The minimum Gasteiger partial charge on any atom is -0.465 e. The third-order valence-electron chi connectivity index (χ3n) is 2.44. The number of thiazole rings is 1. The van der Waals surface area contributed by atoms with Crippen molar-refractivity contribution in [2.75, 3.05) is 6.54 Å². The number of aryl methyl sites for hydroxylation is 1. The molecule has 1 unspecified atom stereocenters. The number of furan rings is 1. The van der Waals surface area contributed by atoms with Gasteiger partial charge in [-0.15, -0.1) is 11.3 Å². The maximum Gasteiger partial charge on any atom is 0.121 e. The van der Waals surface area contributed by atoms with Crippen LogP contribution in [0.25, 0.3) is 0 Å². The normalized spacial score (nSPS) is 12.9. The van der Waals surface area contributed by atoms with E-state index in [4.69, 9.17) is 4.42 Å². The first-order chi connectivity index (χ1) is 7.79. The minimum atomic E-state index is 0.249. The van der Waals surface area contributed by atoms with Crippen molar-refractivity contribution >= 4 is 11.3 Å². The van der Waals surface area contributed by atoms with Crippen LogP contribution >= 0.6 is 11.3 Å². The van der Waals surface area contributed by atoms with Crippen LogP contribution in [0.1, 0.15) is 29.4 Å². The Morgan fingerprint density at radius 2 is 2.38 bits per heavy atom. The molecule has 2 aromatic heterocycles. The van der Waals surface area contributed by atoms with Crippen LogP contribution in [-0.4, -0.2) is 11.5 Å². The van der Waals surface area contributed by atoms with Crippen LogP contribution in [0.4, 0.5) is 0 Å². The molecule has 0 spiro atoms. The Kier molecular flexibility index (Phi) is 3.74. The molecule has 1 N–H and O–H groups in total. The van der Waals surface area contributed by atoms with E-state index in [1.807, 2.05) is 30.8 Å². The van der Waals surface area contributed by atoms with Gasteiger partial charge in [0.05, 0.1) is 11.6 Å². The van der Waals surface area contributed by atoms with Crippen molar-refractivity contribution < 1.29 is 4.42 Å². The lowest BCUT2D eigenvalue weighted by atomic mass is 10.1. The van der Waals surface area contributed by atoms with Gasteiger partial charge in [-0.05, 0) is 25.6 Å². The molecule has 0 bridgehead atoms. The van der Waals surface area contributed by atoms with Gasteiger partial charge in [0, 0.05) is 17.5 Å². The number of hydrogen-bond donors (Lipinski definition) is 1. The number of likely N-dealkylation sites (N-methyl/N-ethyl adjacent to an activating group) is 1. The Bertz CT molecular complexity index is 422. The summed E-state index contributed by atoms with van der Waals surface area (Å²) in [6, 6.07) is 4.30. The maximum atomic E-state index is 5.67. The number of nitrogens with one attached hydrogen (secondary N) is 1. The molecule has 2 aromatic rings. The second-order valence-corrected chi connectivity index (χ2v) is 4.70. The highest BCUT2D eigenvalue weighted by Crippen LogP contribution is 2.22. The zero-order chi connectivity index (χ0) is 11.4. The van der Waals surface area contributed by atoms with Gasteiger partial charge < -0.3 is 9.73 Å². The number of nitrogens with zero attached hydrogens (tertiary/aromatic N) is 1. The first kappa shape index (κ1) is 11.4. The molecule has 1 atom stereocenters. The zero-order valence-corrected chi connectivity index (χ0v) is 10.4. The summed E-state index contributed by atoms with van der Waals surface area (Å²) >= 11 is 1.69. The van der Waals surface area contributed by atoms with Crippen LogP contribution in [0, 0.1) is 6.92 Å². The summed E-state index contributed by atoms with van der Waals surface area (Å²) in [6.45, 7) is 5.01. The summed E-state index contributed by atoms with van der Waals surface area (Å²) in [7, 11) is 0. The first-order valence-electron chi connectivity index (χ1n) is 5.46. The predicted molar refractivity (Wildman–Crippen MR) is 65.7 cm³/mol. The fourth-order valence-electron chi connectivity index (χ4n) is 1.70. The molecule has 4 heteroatoms. The lowest BCUT2D eigenvalue weighted by molar-refractivity contribution is 0.404. The van der Waals surface area contributed by atoms with Gasteiger partial charge in [0.2, 0.25) is 0 Å². The van der Waals surface area contributed by atoms with Crippen molar-refractivity contribution in [3.8, 4) is 0 Å². The molecule has 0 saturated carbocycles. The molecule has 0 fully saturated rings. The molecule has 0 radical (unpaired) electrons. The van der Waals surface area contributed by atoms with Crippen molar-refractivity contribution in [3.05, 3.63) is 40.2 Å². The molecular formula is C12H16N2OS. The largest absolute Gasteiger partial charge is 0.465 e. The highest BCUT2D eigenvalue weighted by Gasteiger charge is 2.15. The molecule has 0 amide bonds. The molecule has 0 aromatic carbocycles. The maximum absolute atomic E-state index is 5.67. The van der Waals surface area contributed by atoms with Gasteiger partial charge in [0.1, 0.15) is 11.5 Å². The monoisotopic (exact) mass is 236 g/mol. The topological polar surface area (TPSA) is 38.1 Å². The third-order valence-corrected chi connectivity index (χ3v) is 3.25. The average molecular weight is 236 g/mol. The van der Waals surface area contributed by atoms with Crippen LogP contribution < -0.4 is 5.32 Å². The van der Waals surface area contributed by atoms with Crippen LogP contribution in [0.15, 0.2) is 28.3 Å². The first-order valence-corrected chi connectivity index (χ1v) is 6.34. The van der Waals surface area contributed by atoms with Crippen molar-refractivity contribution in [2.45, 2.75) is 26.3 Å². The van der Waals surface area contributed by atoms with Crippen molar-refractivity contribution in [2.24, 2.45) is 0 Å². The van der Waals surface area contributed by atoms with E-state index in [0.29, 0.717) is 0 Å². The number of rotatable bonds is 5. The highest BCUT2D eigenvalue weighted by molar-refractivity contribution is 7.09. The molecule has 86 valence electrons. The summed E-state index contributed by atoms with van der Waals surface area (Å²) in [5.41, 5.74) is 1.87. The fraction of sp³-hybridized carbons (Fsp3) is 0.417. The van der Waals surface area contributed by atoms with Gasteiger partial charge in [0.25, 0.3) is 0 Å². The Balaban J connectivity index is 2.11.